The van der Waals surface area contributed by atoms with E-state index in [0.717, 1.165) is 24.1 Å². The largest absolute Gasteiger partial charge is 0.338 e. The summed E-state index contributed by atoms with van der Waals surface area (Å²) < 4.78 is 27.8. The van der Waals surface area contributed by atoms with Crippen molar-refractivity contribution in [3.63, 3.8) is 0 Å². The molecule has 1 aliphatic heterocycles. The lowest BCUT2D eigenvalue weighted by atomic mass is 10.1. The third-order valence-electron chi connectivity index (χ3n) is 4.83. The molecule has 0 unspecified atom stereocenters. The van der Waals surface area contributed by atoms with Gasteiger partial charge in [-0.25, -0.2) is 13.1 Å². The summed E-state index contributed by atoms with van der Waals surface area (Å²) >= 11 is 2.84. The van der Waals surface area contributed by atoms with Crippen molar-refractivity contribution in [3.05, 3.63) is 38.9 Å². The quantitative estimate of drug-likeness (QED) is 0.730. The topological polar surface area (TPSA) is 66.5 Å². The average molecular weight is 427 g/mol. The summed E-state index contributed by atoms with van der Waals surface area (Å²) in [6, 6.07) is 5.27. The normalized spacial score (nSPS) is 16.0. The van der Waals surface area contributed by atoms with Gasteiger partial charge in [-0.3, -0.25) is 4.79 Å². The Morgan fingerprint density at radius 3 is 2.63 bits per heavy atom. The number of sulfonamides is 1. The molecule has 0 aromatic carbocycles. The first-order valence-electron chi connectivity index (χ1n) is 9.41. The third-order valence-corrected chi connectivity index (χ3v) is 8.97. The first kappa shape index (κ1) is 20.5. The summed E-state index contributed by atoms with van der Waals surface area (Å²) in [6.07, 6.45) is 4.34. The van der Waals surface area contributed by atoms with E-state index in [1.807, 2.05) is 11.0 Å². The van der Waals surface area contributed by atoms with E-state index in [-0.39, 0.29) is 11.9 Å². The zero-order valence-electron chi connectivity index (χ0n) is 15.7. The van der Waals surface area contributed by atoms with Crippen LogP contribution in [-0.2, 0) is 22.9 Å². The zero-order valence-corrected chi connectivity index (χ0v) is 18.2. The molecule has 2 aromatic rings. The smallest absolute Gasteiger partial charge is 0.263 e. The van der Waals surface area contributed by atoms with E-state index in [2.05, 4.69) is 18.6 Å². The van der Waals surface area contributed by atoms with E-state index < -0.39 is 10.0 Å². The average Bonchev–Trinajstić information content (AvgIpc) is 3.32. The fraction of sp³-hybridized carbons (Fsp3) is 0.526. The molecule has 27 heavy (non-hydrogen) atoms. The van der Waals surface area contributed by atoms with Gasteiger partial charge in [-0.1, -0.05) is 26.3 Å². The van der Waals surface area contributed by atoms with Crippen LogP contribution in [0, 0.1) is 0 Å². The molecule has 0 saturated carbocycles. The highest BCUT2D eigenvalue weighted by Gasteiger charge is 2.28. The van der Waals surface area contributed by atoms with Gasteiger partial charge in [-0.15, -0.1) is 22.7 Å². The standard InChI is InChI=1S/C19H26N2O3S3/c1-3-6-16-14(4-2)13-17(26-16)19(22)21-10-8-15(9-11-21)20-27(23,24)18-7-5-12-25-18/h5,7,12-13,15,20H,3-4,6,8-11H2,1-2H3. The second-order valence-electron chi connectivity index (χ2n) is 6.78. The van der Waals surface area contributed by atoms with Crippen molar-refractivity contribution in [2.75, 3.05) is 13.1 Å². The molecule has 1 aliphatic rings. The number of amides is 1. The van der Waals surface area contributed by atoms with Crippen LogP contribution in [0.2, 0.25) is 0 Å². The van der Waals surface area contributed by atoms with E-state index in [0.29, 0.717) is 30.1 Å². The molecule has 148 valence electrons. The number of hydrogen-bond donors (Lipinski definition) is 1. The van der Waals surface area contributed by atoms with Gasteiger partial charge in [-0.05, 0) is 48.8 Å². The lowest BCUT2D eigenvalue weighted by Crippen LogP contribution is -2.46. The Bertz CT molecular complexity index is 864. The predicted octanol–water partition coefficient (Wildman–Crippen LogP) is 3.91. The van der Waals surface area contributed by atoms with E-state index in [4.69, 9.17) is 0 Å². The van der Waals surface area contributed by atoms with E-state index in [9.17, 15) is 13.2 Å². The molecule has 0 bridgehead atoms. The molecular weight excluding hydrogens is 400 g/mol. The van der Waals surface area contributed by atoms with Gasteiger partial charge < -0.3 is 4.90 Å². The molecule has 1 fully saturated rings. The first-order valence-corrected chi connectivity index (χ1v) is 12.6. The Kier molecular flexibility index (Phi) is 6.73. The summed E-state index contributed by atoms with van der Waals surface area (Å²) in [6.45, 7) is 5.45. The number of nitrogens with zero attached hydrogens (tertiary/aromatic N) is 1. The Hall–Kier alpha value is -1.22. The summed E-state index contributed by atoms with van der Waals surface area (Å²) in [5, 5.41) is 1.76. The van der Waals surface area contributed by atoms with Crippen LogP contribution in [0.25, 0.3) is 0 Å². The highest BCUT2D eigenvalue weighted by Crippen LogP contribution is 2.27. The molecule has 8 heteroatoms. The van der Waals surface area contributed by atoms with Gasteiger partial charge in [0, 0.05) is 24.0 Å². The highest BCUT2D eigenvalue weighted by atomic mass is 32.2. The van der Waals surface area contributed by atoms with Crippen molar-refractivity contribution in [2.45, 2.75) is 56.2 Å². The number of thiophene rings is 2. The fourth-order valence-electron chi connectivity index (χ4n) is 3.36. The van der Waals surface area contributed by atoms with E-state index in [1.54, 1.807) is 28.8 Å². The molecule has 0 aliphatic carbocycles. The predicted molar refractivity (Wildman–Crippen MR) is 111 cm³/mol. The Balaban J connectivity index is 1.60. The summed E-state index contributed by atoms with van der Waals surface area (Å²) in [4.78, 5) is 16.9. The first-order chi connectivity index (χ1) is 12.9. The van der Waals surface area contributed by atoms with Crippen LogP contribution < -0.4 is 4.72 Å². The van der Waals surface area contributed by atoms with Gasteiger partial charge >= 0.3 is 0 Å². The molecule has 0 spiro atoms. The minimum Gasteiger partial charge on any atom is -0.338 e. The van der Waals surface area contributed by atoms with Crippen molar-refractivity contribution in [2.24, 2.45) is 0 Å². The van der Waals surface area contributed by atoms with Crippen molar-refractivity contribution >= 4 is 38.6 Å². The van der Waals surface area contributed by atoms with Crippen LogP contribution >= 0.6 is 22.7 Å². The number of likely N-dealkylation sites (tertiary alicyclic amines) is 1. The number of carbonyl (C=O) groups is 1. The van der Waals surface area contributed by atoms with Crippen LogP contribution in [0.15, 0.2) is 27.8 Å². The number of piperidine rings is 1. The molecule has 1 N–H and O–H groups in total. The maximum absolute atomic E-state index is 12.9. The Morgan fingerprint density at radius 2 is 2.04 bits per heavy atom. The molecule has 2 aromatic heterocycles. The van der Waals surface area contributed by atoms with Crippen LogP contribution in [-0.4, -0.2) is 38.4 Å². The molecule has 0 radical (unpaired) electrons. The molecule has 3 heterocycles. The maximum Gasteiger partial charge on any atom is 0.263 e. The molecule has 5 nitrogen and oxygen atoms in total. The van der Waals surface area contributed by atoms with E-state index >= 15 is 0 Å². The van der Waals surface area contributed by atoms with Crippen LogP contribution in [0.1, 0.15) is 53.2 Å². The number of aryl methyl sites for hydroxylation is 2. The number of rotatable bonds is 7. The van der Waals surface area contributed by atoms with Crippen molar-refractivity contribution < 1.29 is 13.2 Å². The van der Waals surface area contributed by atoms with E-state index in [1.165, 1.54) is 21.8 Å². The minimum absolute atomic E-state index is 0.0802. The second kappa shape index (κ2) is 8.86. The van der Waals surface area contributed by atoms with Crippen molar-refractivity contribution in [3.8, 4) is 0 Å². The fourth-order valence-corrected chi connectivity index (χ4v) is 7.00. The molecule has 0 atom stereocenters. The highest BCUT2D eigenvalue weighted by molar-refractivity contribution is 7.91. The van der Waals surface area contributed by atoms with Crippen LogP contribution in [0.3, 0.4) is 0 Å². The number of carbonyl (C=O) groups excluding carboxylic acids is 1. The molecular formula is C19H26N2O3S3. The molecule has 1 amide bonds. The van der Waals surface area contributed by atoms with Gasteiger partial charge in [0.25, 0.3) is 5.91 Å². The second-order valence-corrected chi connectivity index (χ2v) is 10.8. The van der Waals surface area contributed by atoms with Crippen molar-refractivity contribution in [1.82, 2.24) is 9.62 Å². The molecule has 3 rings (SSSR count). The van der Waals surface area contributed by atoms with Gasteiger partial charge in [0.15, 0.2) is 0 Å². The summed E-state index contributed by atoms with van der Waals surface area (Å²) in [5.74, 6) is 0.0802. The number of nitrogens with one attached hydrogen (secondary N) is 1. The third kappa shape index (κ3) is 4.80. The van der Waals surface area contributed by atoms with Gasteiger partial charge in [-0.2, -0.15) is 0 Å². The SMILES string of the molecule is CCCc1sc(C(=O)N2CCC(NS(=O)(=O)c3cccs3)CC2)cc1CC. The summed E-state index contributed by atoms with van der Waals surface area (Å²) in [5.41, 5.74) is 1.28. The minimum atomic E-state index is -3.45. The van der Waals surface area contributed by atoms with Crippen molar-refractivity contribution in [1.29, 1.82) is 0 Å². The Morgan fingerprint density at radius 1 is 1.30 bits per heavy atom. The lowest BCUT2D eigenvalue weighted by Gasteiger charge is -2.31. The molecule has 1 saturated heterocycles. The van der Waals surface area contributed by atoms with Gasteiger partial charge in [0.2, 0.25) is 10.0 Å². The summed E-state index contributed by atoms with van der Waals surface area (Å²) in [7, 11) is -3.45. The lowest BCUT2D eigenvalue weighted by molar-refractivity contribution is 0.0716. The zero-order chi connectivity index (χ0) is 19.4. The van der Waals surface area contributed by atoms with Gasteiger partial charge in [0.05, 0.1) is 4.88 Å². The van der Waals surface area contributed by atoms with Crippen LogP contribution in [0.5, 0.6) is 0 Å². The van der Waals surface area contributed by atoms with Gasteiger partial charge in [0.1, 0.15) is 4.21 Å². The number of hydrogen-bond acceptors (Lipinski definition) is 5. The van der Waals surface area contributed by atoms with Crippen LogP contribution in [0.4, 0.5) is 0 Å². The maximum atomic E-state index is 12.9. The Labute approximate surface area is 169 Å². The monoisotopic (exact) mass is 426 g/mol.